The number of likely N-dealkylation sites (tertiary alicyclic amines) is 1. The summed E-state index contributed by atoms with van der Waals surface area (Å²) in [5.74, 6) is 1.24. The van der Waals surface area contributed by atoms with Gasteiger partial charge in [-0.25, -0.2) is 0 Å². The number of carbonyl (C=O) groups is 3. The second-order valence-corrected chi connectivity index (χ2v) is 7.96. The molecule has 0 N–H and O–H groups in total. The summed E-state index contributed by atoms with van der Waals surface area (Å²) in [6.45, 7) is 0.958. The molecule has 156 valence electrons. The Balaban J connectivity index is 1.33. The van der Waals surface area contributed by atoms with Crippen LogP contribution in [0, 0.1) is 0 Å². The van der Waals surface area contributed by atoms with Crippen molar-refractivity contribution < 1.29 is 23.9 Å². The Morgan fingerprint density at radius 2 is 1.93 bits per heavy atom. The fourth-order valence-corrected chi connectivity index (χ4v) is 4.21. The fraction of sp³-hybridized carbons (Fsp3) is 0.375. The largest absolute Gasteiger partial charge is 0.497 e. The molecule has 0 aliphatic carbocycles. The minimum atomic E-state index is -0.659. The van der Waals surface area contributed by atoms with E-state index in [1.165, 1.54) is 0 Å². The van der Waals surface area contributed by atoms with Crippen LogP contribution in [-0.2, 0) is 4.79 Å². The number of hydrogen-bond acceptors (Lipinski definition) is 5. The van der Waals surface area contributed by atoms with Crippen LogP contribution < -0.4 is 9.47 Å². The molecular formula is C24H25NO5. The van der Waals surface area contributed by atoms with Gasteiger partial charge < -0.3 is 14.4 Å². The molecule has 6 nitrogen and oxygen atoms in total. The molecule has 1 spiro atoms. The van der Waals surface area contributed by atoms with Crippen molar-refractivity contribution in [2.75, 3.05) is 20.2 Å². The molecule has 2 aromatic rings. The van der Waals surface area contributed by atoms with Crippen LogP contribution in [-0.4, -0.2) is 48.2 Å². The van der Waals surface area contributed by atoms with E-state index in [9.17, 15) is 14.4 Å². The minimum absolute atomic E-state index is 0.00399. The highest BCUT2D eigenvalue weighted by atomic mass is 16.5. The maximum Gasteiger partial charge on any atom is 0.222 e. The zero-order valence-electron chi connectivity index (χ0n) is 17.1. The first-order valence-corrected chi connectivity index (χ1v) is 10.3. The number of ether oxygens (including phenoxy) is 2. The summed E-state index contributed by atoms with van der Waals surface area (Å²) in [6, 6.07) is 14.4. The zero-order chi connectivity index (χ0) is 21.1. The molecule has 1 unspecified atom stereocenters. The van der Waals surface area contributed by atoms with Crippen LogP contribution in [0.1, 0.15) is 52.8 Å². The van der Waals surface area contributed by atoms with Crippen molar-refractivity contribution in [1.82, 2.24) is 4.90 Å². The molecule has 30 heavy (non-hydrogen) atoms. The summed E-state index contributed by atoms with van der Waals surface area (Å²) < 4.78 is 11.4. The van der Waals surface area contributed by atoms with Crippen LogP contribution in [0.25, 0.3) is 0 Å². The average molecular weight is 407 g/mol. The number of benzene rings is 2. The Labute approximate surface area is 175 Å². The molecule has 1 atom stereocenters. The molecule has 0 bridgehead atoms. The van der Waals surface area contributed by atoms with Gasteiger partial charge in [0.05, 0.1) is 25.6 Å². The SMILES string of the molecule is COc1ccc2c(c1)C(=O)CC1(CCN(C(=O)CCCC(=O)c3ccccc3)C1)O2. The maximum absolute atomic E-state index is 12.7. The van der Waals surface area contributed by atoms with Gasteiger partial charge in [0.2, 0.25) is 5.91 Å². The number of Topliss-reactive ketones (excluding diaryl/α,β-unsaturated/α-hetero) is 2. The second-order valence-electron chi connectivity index (χ2n) is 7.96. The highest BCUT2D eigenvalue weighted by Crippen LogP contribution is 2.40. The first-order chi connectivity index (χ1) is 14.5. The summed E-state index contributed by atoms with van der Waals surface area (Å²) in [7, 11) is 1.56. The summed E-state index contributed by atoms with van der Waals surface area (Å²) in [5, 5.41) is 0. The molecule has 1 fully saturated rings. The van der Waals surface area contributed by atoms with Crippen LogP contribution >= 0.6 is 0 Å². The molecule has 2 aliphatic heterocycles. The highest BCUT2D eigenvalue weighted by molar-refractivity contribution is 6.01. The Kier molecular flexibility index (Phi) is 5.57. The predicted octanol–water partition coefficient (Wildman–Crippen LogP) is 3.68. The minimum Gasteiger partial charge on any atom is -0.497 e. The molecule has 2 aromatic carbocycles. The summed E-state index contributed by atoms with van der Waals surface area (Å²) in [4.78, 5) is 39.3. The lowest BCUT2D eigenvalue weighted by molar-refractivity contribution is -0.131. The summed E-state index contributed by atoms with van der Waals surface area (Å²) in [5.41, 5.74) is 0.549. The first-order valence-electron chi connectivity index (χ1n) is 10.3. The van der Waals surface area contributed by atoms with Gasteiger partial charge in [-0.05, 0) is 24.6 Å². The van der Waals surface area contributed by atoms with E-state index in [1.807, 2.05) is 18.2 Å². The number of ketones is 2. The number of rotatable bonds is 6. The van der Waals surface area contributed by atoms with Gasteiger partial charge in [-0.3, -0.25) is 14.4 Å². The smallest absolute Gasteiger partial charge is 0.222 e. The van der Waals surface area contributed by atoms with Crippen molar-refractivity contribution in [2.24, 2.45) is 0 Å². The molecule has 0 radical (unpaired) electrons. The lowest BCUT2D eigenvalue weighted by Gasteiger charge is -2.34. The number of hydrogen-bond donors (Lipinski definition) is 0. The molecule has 0 saturated carbocycles. The van der Waals surface area contributed by atoms with E-state index in [0.29, 0.717) is 61.4 Å². The lowest BCUT2D eigenvalue weighted by Crippen LogP contribution is -2.45. The third-order valence-corrected chi connectivity index (χ3v) is 5.86. The van der Waals surface area contributed by atoms with Gasteiger partial charge >= 0.3 is 0 Å². The lowest BCUT2D eigenvalue weighted by atomic mass is 9.89. The zero-order valence-corrected chi connectivity index (χ0v) is 17.1. The third-order valence-electron chi connectivity index (χ3n) is 5.86. The number of carbonyl (C=O) groups excluding carboxylic acids is 3. The Morgan fingerprint density at radius 3 is 2.70 bits per heavy atom. The van der Waals surface area contributed by atoms with E-state index < -0.39 is 5.60 Å². The standard InChI is InChI=1S/C24H25NO5/c1-29-18-10-11-22-19(14-18)21(27)15-24(30-22)12-13-25(16-24)23(28)9-5-8-20(26)17-6-3-2-4-7-17/h2-4,6-7,10-11,14H,5,8-9,12-13,15-16H2,1H3. The van der Waals surface area contributed by atoms with Gasteiger partial charge in [0.15, 0.2) is 11.6 Å². The van der Waals surface area contributed by atoms with E-state index >= 15 is 0 Å². The summed E-state index contributed by atoms with van der Waals surface area (Å²) >= 11 is 0. The number of fused-ring (bicyclic) bond motifs is 1. The predicted molar refractivity (Wildman–Crippen MR) is 111 cm³/mol. The van der Waals surface area contributed by atoms with Crippen molar-refractivity contribution in [3.63, 3.8) is 0 Å². The van der Waals surface area contributed by atoms with Crippen molar-refractivity contribution in [2.45, 2.75) is 37.7 Å². The maximum atomic E-state index is 12.7. The van der Waals surface area contributed by atoms with Crippen LogP contribution in [0.15, 0.2) is 48.5 Å². The second kappa shape index (κ2) is 8.30. The normalized spacial score (nSPS) is 20.0. The Morgan fingerprint density at radius 1 is 1.13 bits per heavy atom. The van der Waals surface area contributed by atoms with Gasteiger partial charge in [-0.1, -0.05) is 30.3 Å². The molecule has 6 heteroatoms. The fourth-order valence-electron chi connectivity index (χ4n) is 4.21. The number of amides is 1. The number of methoxy groups -OCH3 is 1. The quantitative estimate of drug-likeness (QED) is 0.683. The third kappa shape index (κ3) is 4.08. The van der Waals surface area contributed by atoms with Gasteiger partial charge in [-0.2, -0.15) is 0 Å². The Hall–Kier alpha value is -3.15. The molecule has 2 heterocycles. The van der Waals surface area contributed by atoms with Crippen LogP contribution in [0.2, 0.25) is 0 Å². The van der Waals surface area contributed by atoms with Crippen molar-refractivity contribution in [1.29, 1.82) is 0 Å². The van der Waals surface area contributed by atoms with Gasteiger partial charge in [-0.15, -0.1) is 0 Å². The van der Waals surface area contributed by atoms with Crippen molar-refractivity contribution in [3.05, 3.63) is 59.7 Å². The van der Waals surface area contributed by atoms with E-state index in [-0.39, 0.29) is 23.9 Å². The van der Waals surface area contributed by atoms with E-state index in [0.717, 1.165) is 0 Å². The van der Waals surface area contributed by atoms with Crippen LogP contribution in [0.4, 0.5) is 0 Å². The molecule has 0 aromatic heterocycles. The first kappa shape index (κ1) is 20.1. The van der Waals surface area contributed by atoms with E-state index in [2.05, 4.69) is 0 Å². The Bertz CT molecular complexity index is 971. The van der Waals surface area contributed by atoms with E-state index in [4.69, 9.17) is 9.47 Å². The van der Waals surface area contributed by atoms with Crippen molar-refractivity contribution in [3.8, 4) is 11.5 Å². The van der Waals surface area contributed by atoms with Crippen LogP contribution in [0.5, 0.6) is 11.5 Å². The molecule has 4 rings (SSSR count). The summed E-state index contributed by atoms with van der Waals surface area (Å²) in [6.07, 6.45) is 2.05. The van der Waals surface area contributed by atoms with Gasteiger partial charge in [0.1, 0.15) is 17.1 Å². The van der Waals surface area contributed by atoms with Crippen molar-refractivity contribution >= 4 is 17.5 Å². The average Bonchev–Trinajstić information content (AvgIpc) is 3.17. The number of nitrogens with zero attached hydrogens (tertiary/aromatic N) is 1. The topological polar surface area (TPSA) is 72.9 Å². The van der Waals surface area contributed by atoms with Crippen LogP contribution in [0.3, 0.4) is 0 Å². The molecule has 1 amide bonds. The molecule has 1 saturated heterocycles. The highest BCUT2D eigenvalue weighted by Gasteiger charge is 2.46. The molecule has 2 aliphatic rings. The monoisotopic (exact) mass is 407 g/mol. The molecular weight excluding hydrogens is 382 g/mol. The van der Waals surface area contributed by atoms with Gasteiger partial charge in [0.25, 0.3) is 0 Å². The van der Waals surface area contributed by atoms with Gasteiger partial charge in [0, 0.05) is 31.4 Å². The van der Waals surface area contributed by atoms with E-state index in [1.54, 1.807) is 42.3 Å².